The first-order chi connectivity index (χ1) is 7.60. The zero-order valence-electron chi connectivity index (χ0n) is 9.90. The molecule has 0 spiro atoms. The number of anilines is 1. The summed E-state index contributed by atoms with van der Waals surface area (Å²) in [4.78, 5) is 13.5. The van der Waals surface area contributed by atoms with Gasteiger partial charge in [0.05, 0.1) is 6.07 Å². The lowest BCUT2D eigenvalue weighted by atomic mass is 10.1. The Morgan fingerprint density at radius 2 is 2.00 bits per heavy atom. The van der Waals surface area contributed by atoms with Crippen LogP contribution in [0.5, 0.6) is 0 Å². The van der Waals surface area contributed by atoms with Gasteiger partial charge >= 0.3 is 0 Å². The molecule has 0 heterocycles. The third-order valence-electron chi connectivity index (χ3n) is 2.49. The number of amides is 1. The molecule has 0 N–H and O–H groups in total. The standard InChI is InChI=1S/C13H16N2O/c1-4-15(13(16)11(3)9-14)12-7-5-10(2)6-8-12/h5-8,11H,4H2,1-3H3. The second kappa shape index (κ2) is 5.32. The van der Waals surface area contributed by atoms with Gasteiger partial charge in [-0.1, -0.05) is 17.7 Å². The molecule has 1 aromatic carbocycles. The average molecular weight is 216 g/mol. The summed E-state index contributed by atoms with van der Waals surface area (Å²) in [5.74, 6) is -0.741. The van der Waals surface area contributed by atoms with Gasteiger partial charge in [-0.15, -0.1) is 0 Å². The lowest BCUT2D eigenvalue weighted by Gasteiger charge is -2.22. The molecule has 0 aliphatic rings. The summed E-state index contributed by atoms with van der Waals surface area (Å²) >= 11 is 0. The van der Waals surface area contributed by atoms with Crippen LogP contribution in [-0.4, -0.2) is 12.5 Å². The molecule has 0 aromatic heterocycles. The van der Waals surface area contributed by atoms with Gasteiger partial charge in [-0.25, -0.2) is 0 Å². The van der Waals surface area contributed by atoms with E-state index in [9.17, 15) is 4.79 Å². The highest BCUT2D eigenvalue weighted by Gasteiger charge is 2.19. The van der Waals surface area contributed by atoms with Crippen molar-refractivity contribution in [2.24, 2.45) is 5.92 Å². The van der Waals surface area contributed by atoms with Crippen molar-refractivity contribution in [3.63, 3.8) is 0 Å². The number of rotatable bonds is 3. The van der Waals surface area contributed by atoms with E-state index in [1.165, 1.54) is 0 Å². The molecule has 1 rings (SSSR count). The number of nitrogens with zero attached hydrogens (tertiary/aromatic N) is 2. The third-order valence-corrected chi connectivity index (χ3v) is 2.49. The molecular weight excluding hydrogens is 200 g/mol. The molecule has 1 unspecified atom stereocenters. The molecule has 3 nitrogen and oxygen atoms in total. The number of hydrogen-bond acceptors (Lipinski definition) is 2. The van der Waals surface area contributed by atoms with Crippen LogP contribution in [0.4, 0.5) is 5.69 Å². The second-order valence-corrected chi connectivity index (χ2v) is 3.77. The molecule has 0 radical (unpaired) electrons. The summed E-state index contributed by atoms with van der Waals surface area (Å²) in [5, 5.41) is 8.74. The van der Waals surface area contributed by atoms with E-state index in [2.05, 4.69) is 0 Å². The summed E-state index contributed by atoms with van der Waals surface area (Å²) < 4.78 is 0. The van der Waals surface area contributed by atoms with E-state index in [1.807, 2.05) is 44.2 Å². The normalized spacial score (nSPS) is 11.6. The second-order valence-electron chi connectivity index (χ2n) is 3.77. The van der Waals surface area contributed by atoms with Crippen LogP contribution in [0.25, 0.3) is 0 Å². The van der Waals surface area contributed by atoms with Gasteiger partial charge < -0.3 is 4.90 Å². The summed E-state index contributed by atoms with van der Waals surface area (Å²) in [6, 6.07) is 9.70. The van der Waals surface area contributed by atoms with E-state index >= 15 is 0 Å². The molecule has 84 valence electrons. The van der Waals surface area contributed by atoms with E-state index in [-0.39, 0.29) is 5.91 Å². The Morgan fingerprint density at radius 3 is 2.44 bits per heavy atom. The van der Waals surface area contributed by atoms with Crippen molar-refractivity contribution >= 4 is 11.6 Å². The van der Waals surface area contributed by atoms with Crippen molar-refractivity contribution in [2.75, 3.05) is 11.4 Å². The van der Waals surface area contributed by atoms with Gasteiger partial charge in [0, 0.05) is 12.2 Å². The van der Waals surface area contributed by atoms with Crippen LogP contribution in [0, 0.1) is 24.2 Å². The van der Waals surface area contributed by atoms with E-state index in [0.717, 1.165) is 11.3 Å². The van der Waals surface area contributed by atoms with Crippen molar-refractivity contribution in [2.45, 2.75) is 20.8 Å². The van der Waals surface area contributed by atoms with Gasteiger partial charge in [0.2, 0.25) is 5.91 Å². The Hall–Kier alpha value is -1.82. The predicted molar refractivity (Wildman–Crippen MR) is 64.0 cm³/mol. The van der Waals surface area contributed by atoms with Crippen molar-refractivity contribution in [1.82, 2.24) is 0 Å². The van der Waals surface area contributed by atoms with Crippen LogP contribution in [-0.2, 0) is 4.79 Å². The molecule has 3 heteroatoms. The maximum Gasteiger partial charge on any atom is 0.244 e. The Kier molecular flexibility index (Phi) is 4.07. The van der Waals surface area contributed by atoms with Crippen LogP contribution in [0.3, 0.4) is 0 Å². The summed E-state index contributed by atoms with van der Waals surface area (Å²) in [6.45, 7) is 6.11. The zero-order chi connectivity index (χ0) is 12.1. The summed E-state index contributed by atoms with van der Waals surface area (Å²) in [5.41, 5.74) is 2.00. The number of aryl methyl sites for hydroxylation is 1. The fourth-order valence-corrected chi connectivity index (χ4v) is 1.48. The van der Waals surface area contributed by atoms with E-state index in [4.69, 9.17) is 5.26 Å². The smallest absolute Gasteiger partial charge is 0.244 e. The monoisotopic (exact) mass is 216 g/mol. The van der Waals surface area contributed by atoms with Crippen LogP contribution in [0.15, 0.2) is 24.3 Å². The van der Waals surface area contributed by atoms with Crippen molar-refractivity contribution < 1.29 is 4.79 Å². The minimum Gasteiger partial charge on any atom is -0.312 e. The molecule has 16 heavy (non-hydrogen) atoms. The zero-order valence-corrected chi connectivity index (χ0v) is 9.90. The minimum atomic E-state index is -0.596. The number of carbonyl (C=O) groups is 1. The Bertz CT molecular complexity index is 403. The molecule has 0 saturated carbocycles. The quantitative estimate of drug-likeness (QED) is 0.779. The predicted octanol–water partition coefficient (Wildman–Crippen LogP) is 2.51. The maximum atomic E-state index is 11.9. The summed E-state index contributed by atoms with van der Waals surface area (Å²) in [6.07, 6.45) is 0. The largest absolute Gasteiger partial charge is 0.312 e. The lowest BCUT2D eigenvalue weighted by Crippen LogP contribution is -2.34. The fraction of sp³-hybridized carbons (Fsp3) is 0.385. The Morgan fingerprint density at radius 1 is 1.44 bits per heavy atom. The number of nitriles is 1. The van der Waals surface area contributed by atoms with Gasteiger partial charge in [-0.2, -0.15) is 5.26 Å². The van der Waals surface area contributed by atoms with Crippen molar-refractivity contribution in [3.8, 4) is 6.07 Å². The van der Waals surface area contributed by atoms with Crippen LogP contribution >= 0.6 is 0 Å². The molecule has 0 aliphatic heterocycles. The Balaban J connectivity index is 2.95. The first kappa shape index (κ1) is 12.3. The van der Waals surface area contributed by atoms with Gasteiger partial charge in [0.25, 0.3) is 0 Å². The van der Waals surface area contributed by atoms with E-state index in [1.54, 1.807) is 11.8 Å². The lowest BCUT2D eigenvalue weighted by molar-refractivity contribution is -0.120. The average Bonchev–Trinajstić information content (AvgIpc) is 2.31. The third kappa shape index (κ3) is 2.60. The molecule has 0 aliphatic carbocycles. The van der Waals surface area contributed by atoms with Crippen LogP contribution in [0.1, 0.15) is 19.4 Å². The molecular formula is C13H16N2O. The first-order valence-electron chi connectivity index (χ1n) is 5.37. The van der Waals surface area contributed by atoms with Gasteiger partial charge in [0.15, 0.2) is 0 Å². The maximum absolute atomic E-state index is 11.9. The Labute approximate surface area is 96.3 Å². The first-order valence-corrected chi connectivity index (χ1v) is 5.37. The van der Waals surface area contributed by atoms with Crippen LogP contribution in [0.2, 0.25) is 0 Å². The van der Waals surface area contributed by atoms with Gasteiger partial charge in [-0.05, 0) is 32.9 Å². The molecule has 1 amide bonds. The fourth-order valence-electron chi connectivity index (χ4n) is 1.48. The van der Waals surface area contributed by atoms with Crippen LogP contribution < -0.4 is 4.90 Å². The molecule has 0 saturated heterocycles. The van der Waals surface area contributed by atoms with Crippen molar-refractivity contribution in [1.29, 1.82) is 5.26 Å². The topological polar surface area (TPSA) is 44.1 Å². The molecule has 1 aromatic rings. The highest BCUT2D eigenvalue weighted by atomic mass is 16.2. The molecule has 0 fully saturated rings. The van der Waals surface area contributed by atoms with E-state index < -0.39 is 5.92 Å². The highest BCUT2D eigenvalue weighted by Crippen LogP contribution is 2.17. The van der Waals surface area contributed by atoms with Gasteiger partial charge in [-0.3, -0.25) is 4.79 Å². The van der Waals surface area contributed by atoms with E-state index in [0.29, 0.717) is 6.54 Å². The number of hydrogen-bond donors (Lipinski definition) is 0. The number of carbonyl (C=O) groups excluding carboxylic acids is 1. The molecule has 1 atom stereocenters. The highest BCUT2D eigenvalue weighted by molar-refractivity contribution is 5.96. The van der Waals surface area contributed by atoms with Crippen molar-refractivity contribution in [3.05, 3.63) is 29.8 Å². The summed E-state index contributed by atoms with van der Waals surface area (Å²) in [7, 11) is 0. The number of benzene rings is 1. The minimum absolute atomic E-state index is 0.145. The SMILES string of the molecule is CCN(C(=O)C(C)C#N)c1ccc(C)cc1. The molecule has 0 bridgehead atoms. The van der Waals surface area contributed by atoms with Gasteiger partial charge in [0.1, 0.15) is 5.92 Å².